The number of carbonyl (C=O) groups excluding carboxylic acids is 2. The second kappa shape index (κ2) is 6.34. The van der Waals surface area contributed by atoms with Gasteiger partial charge in [0.2, 0.25) is 5.78 Å². The topological polar surface area (TPSA) is 90.4 Å². The number of aromatic nitrogens is 1. The average molecular weight is 383 g/mol. The second-order valence-electron chi connectivity index (χ2n) is 7.25. The van der Waals surface area contributed by atoms with Crippen LogP contribution in [0.5, 0.6) is 11.5 Å². The number of benzene rings is 3. The molecule has 0 spiro atoms. The van der Waals surface area contributed by atoms with Gasteiger partial charge in [-0.3, -0.25) is 9.59 Å². The van der Waals surface area contributed by atoms with Crippen molar-refractivity contribution in [2.24, 2.45) is 0 Å². The fourth-order valence-electron chi connectivity index (χ4n) is 4.30. The second-order valence-corrected chi connectivity index (χ2v) is 7.25. The SMILES string of the molecule is O=C1c2c(O)cccc2C(C(=O)Cc2c[nH]c3ccccc23)c2cccc(O)c21. The molecule has 1 heterocycles. The molecule has 0 saturated carbocycles. The number of nitrogens with one attached hydrogen (secondary N) is 1. The summed E-state index contributed by atoms with van der Waals surface area (Å²) in [4.78, 5) is 29.6. The van der Waals surface area contributed by atoms with E-state index >= 15 is 0 Å². The summed E-state index contributed by atoms with van der Waals surface area (Å²) in [6, 6.07) is 17.2. The number of phenols is 2. The lowest BCUT2D eigenvalue weighted by Gasteiger charge is -2.27. The summed E-state index contributed by atoms with van der Waals surface area (Å²) in [5.41, 5.74) is 2.92. The highest BCUT2D eigenvalue weighted by Crippen LogP contribution is 2.43. The minimum absolute atomic E-state index is 0.0822. The van der Waals surface area contributed by atoms with E-state index in [2.05, 4.69) is 4.98 Å². The Balaban J connectivity index is 1.66. The third-order valence-corrected chi connectivity index (χ3v) is 5.59. The van der Waals surface area contributed by atoms with E-state index < -0.39 is 11.7 Å². The standard InChI is InChI=1S/C24H17NO4/c26-18-9-3-6-15-21(16-7-4-10-19(27)23(16)24(29)22(15)18)20(28)11-13-12-25-17-8-2-1-5-14(13)17/h1-10,12,21,25-27H,11H2. The minimum Gasteiger partial charge on any atom is -0.507 e. The van der Waals surface area contributed by atoms with Crippen LogP contribution in [-0.2, 0) is 11.2 Å². The Morgan fingerprint density at radius 1 is 0.862 bits per heavy atom. The van der Waals surface area contributed by atoms with Gasteiger partial charge in [0.15, 0.2) is 0 Å². The average Bonchev–Trinajstić information content (AvgIpc) is 3.11. The number of para-hydroxylation sites is 1. The third-order valence-electron chi connectivity index (χ3n) is 5.59. The van der Waals surface area contributed by atoms with Crippen LogP contribution in [0.15, 0.2) is 66.9 Å². The predicted molar refractivity (Wildman–Crippen MR) is 108 cm³/mol. The van der Waals surface area contributed by atoms with E-state index in [0.717, 1.165) is 16.5 Å². The Kier molecular flexibility index (Phi) is 3.77. The van der Waals surface area contributed by atoms with Crippen LogP contribution in [0.2, 0.25) is 0 Å². The molecule has 5 nitrogen and oxygen atoms in total. The summed E-state index contributed by atoms with van der Waals surface area (Å²) in [5.74, 6) is -1.70. The van der Waals surface area contributed by atoms with Crippen LogP contribution in [-0.4, -0.2) is 26.8 Å². The van der Waals surface area contributed by atoms with E-state index in [-0.39, 0.29) is 34.8 Å². The van der Waals surface area contributed by atoms with Crippen molar-refractivity contribution in [3.8, 4) is 11.5 Å². The van der Waals surface area contributed by atoms with E-state index in [9.17, 15) is 19.8 Å². The normalized spacial score (nSPS) is 13.3. The molecule has 3 N–H and O–H groups in total. The molecule has 5 heteroatoms. The molecule has 29 heavy (non-hydrogen) atoms. The maximum atomic E-state index is 13.5. The first-order valence-corrected chi connectivity index (χ1v) is 9.32. The van der Waals surface area contributed by atoms with Crippen LogP contribution in [0.3, 0.4) is 0 Å². The lowest BCUT2D eigenvalue weighted by Crippen LogP contribution is -2.26. The van der Waals surface area contributed by atoms with Gasteiger partial charge >= 0.3 is 0 Å². The molecule has 5 rings (SSSR count). The number of aromatic amines is 1. The molecule has 0 aliphatic heterocycles. The number of hydrogen-bond acceptors (Lipinski definition) is 4. The Hall–Kier alpha value is -3.86. The zero-order chi connectivity index (χ0) is 20.1. The van der Waals surface area contributed by atoms with Crippen molar-refractivity contribution in [3.63, 3.8) is 0 Å². The van der Waals surface area contributed by atoms with Gasteiger partial charge in [-0.25, -0.2) is 0 Å². The Bertz CT molecular complexity index is 1250. The summed E-state index contributed by atoms with van der Waals surface area (Å²) in [5, 5.41) is 21.6. The zero-order valence-electron chi connectivity index (χ0n) is 15.3. The zero-order valence-corrected chi connectivity index (χ0v) is 15.3. The summed E-state index contributed by atoms with van der Waals surface area (Å²) in [6.45, 7) is 0. The first-order valence-electron chi connectivity index (χ1n) is 9.32. The number of H-pyrrole nitrogens is 1. The largest absolute Gasteiger partial charge is 0.507 e. The monoisotopic (exact) mass is 383 g/mol. The van der Waals surface area contributed by atoms with E-state index in [1.165, 1.54) is 12.1 Å². The molecule has 1 aliphatic carbocycles. The third kappa shape index (κ3) is 2.55. The molecule has 0 bridgehead atoms. The summed E-state index contributed by atoms with van der Waals surface area (Å²) < 4.78 is 0. The van der Waals surface area contributed by atoms with Gasteiger partial charge in [0, 0.05) is 23.5 Å². The highest BCUT2D eigenvalue weighted by Gasteiger charge is 2.38. The Morgan fingerprint density at radius 3 is 2.14 bits per heavy atom. The van der Waals surface area contributed by atoms with Crippen LogP contribution in [0.4, 0.5) is 0 Å². The first kappa shape index (κ1) is 17.3. The maximum absolute atomic E-state index is 13.5. The van der Waals surface area contributed by atoms with Crippen LogP contribution >= 0.6 is 0 Å². The fraction of sp³-hybridized carbons (Fsp3) is 0.0833. The van der Waals surface area contributed by atoms with Crippen LogP contribution in [0, 0.1) is 0 Å². The maximum Gasteiger partial charge on any atom is 0.201 e. The highest BCUT2D eigenvalue weighted by atomic mass is 16.3. The van der Waals surface area contributed by atoms with Gasteiger partial charge in [0.05, 0.1) is 17.0 Å². The lowest BCUT2D eigenvalue weighted by molar-refractivity contribution is -0.119. The number of Topliss-reactive ketones (excluding diaryl/α,β-unsaturated/α-hetero) is 1. The molecule has 4 aromatic rings. The van der Waals surface area contributed by atoms with Crippen molar-refractivity contribution in [1.82, 2.24) is 4.98 Å². The van der Waals surface area contributed by atoms with Gasteiger partial charge in [-0.2, -0.15) is 0 Å². The summed E-state index contributed by atoms with van der Waals surface area (Å²) in [7, 11) is 0. The molecule has 0 saturated heterocycles. The number of aromatic hydroxyl groups is 2. The van der Waals surface area contributed by atoms with E-state index in [1.807, 2.05) is 30.5 Å². The molecule has 142 valence electrons. The van der Waals surface area contributed by atoms with Crippen molar-refractivity contribution in [3.05, 3.63) is 94.7 Å². The van der Waals surface area contributed by atoms with Gasteiger partial charge in [0.25, 0.3) is 0 Å². The van der Waals surface area contributed by atoms with E-state index in [0.29, 0.717) is 11.1 Å². The molecule has 0 unspecified atom stereocenters. The molecule has 3 aromatic carbocycles. The molecular formula is C24H17NO4. The van der Waals surface area contributed by atoms with Gasteiger partial charge in [-0.05, 0) is 34.9 Å². The van der Waals surface area contributed by atoms with E-state index in [1.54, 1.807) is 24.3 Å². The Labute approximate surface area is 166 Å². The number of ketones is 2. The van der Waals surface area contributed by atoms with Crippen molar-refractivity contribution in [2.75, 3.05) is 0 Å². The Morgan fingerprint density at radius 2 is 1.48 bits per heavy atom. The molecule has 0 amide bonds. The molecule has 1 aliphatic rings. The van der Waals surface area contributed by atoms with Crippen LogP contribution < -0.4 is 0 Å². The van der Waals surface area contributed by atoms with Gasteiger partial charge in [0.1, 0.15) is 17.3 Å². The van der Waals surface area contributed by atoms with Gasteiger partial charge in [-0.15, -0.1) is 0 Å². The minimum atomic E-state index is -0.745. The molecule has 0 fully saturated rings. The van der Waals surface area contributed by atoms with Crippen molar-refractivity contribution < 1.29 is 19.8 Å². The quantitative estimate of drug-likeness (QED) is 0.497. The van der Waals surface area contributed by atoms with Crippen molar-refractivity contribution in [2.45, 2.75) is 12.3 Å². The van der Waals surface area contributed by atoms with Crippen LogP contribution in [0.1, 0.15) is 38.5 Å². The molecule has 0 radical (unpaired) electrons. The number of carbonyl (C=O) groups is 2. The highest BCUT2D eigenvalue weighted by molar-refractivity contribution is 6.18. The number of phenolic OH excluding ortho intramolecular Hbond substituents is 2. The molecular weight excluding hydrogens is 366 g/mol. The smallest absolute Gasteiger partial charge is 0.201 e. The summed E-state index contributed by atoms with van der Waals surface area (Å²) in [6.07, 6.45) is 1.98. The number of rotatable bonds is 3. The fourth-order valence-corrected chi connectivity index (χ4v) is 4.30. The van der Waals surface area contributed by atoms with Gasteiger partial charge < -0.3 is 15.2 Å². The molecule has 1 aromatic heterocycles. The number of hydrogen-bond donors (Lipinski definition) is 3. The van der Waals surface area contributed by atoms with Crippen molar-refractivity contribution >= 4 is 22.5 Å². The van der Waals surface area contributed by atoms with Crippen LogP contribution in [0.25, 0.3) is 10.9 Å². The molecule has 0 atom stereocenters. The number of fused-ring (bicyclic) bond motifs is 3. The van der Waals surface area contributed by atoms with E-state index in [4.69, 9.17) is 0 Å². The lowest BCUT2D eigenvalue weighted by atomic mass is 9.74. The van der Waals surface area contributed by atoms with Crippen molar-refractivity contribution in [1.29, 1.82) is 0 Å². The van der Waals surface area contributed by atoms with Gasteiger partial charge in [-0.1, -0.05) is 42.5 Å². The summed E-state index contributed by atoms with van der Waals surface area (Å²) >= 11 is 0. The predicted octanol–water partition coefficient (Wildman–Crippen LogP) is 4.07. The first-order chi connectivity index (χ1) is 14.1.